The zero-order valence-corrected chi connectivity index (χ0v) is 15.9. The fraction of sp³-hybridized carbons (Fsp3) is 0.176. The summed E-state index contributed by atoms with van der Waals surface area (Å²) < 4.78 is 32.8. The number of nitrogens with zero attached hydrogens (tertiary/aromatic N) is 1. The average molecular weight is 423 g/mol. The van der Waals surface area contributed by atoms with E-state index < -0.39 is 22.0 Å². The molecule has 8 heteroatoms. The molecule has 2 rings (SSSR count). The normalized spacial score (nSPS) is 12.2. The molecule has 0 saturated carbocycles. The van der Waals surface area contributed by atoms with Gasteiger partial charge in [-0.2, -0.15) is 5.26 Å². The molecule has 2 aromatic carbocycles. The number of rotatable bonds is 5. The summed E-state index contributed by atoms with van der Waals surface area (Å²) in [5.41, 5.74) is 1.33. The van der Waals surface area contributed by atoms with Gasteiger partial charge in [-0.1, -0.05) is 12.1 Å². The van der Waals surface area contributed by atoms with Gasteiger partial charge in [0.05, 0.1) is 29.2 Å². The van der Waals surface area contributed by atoms with Crippen molar-refractivity contribution in [3.63, 3.8) is 0 Å². The predicted molar refractivity (Wildman–Crippen MR) is 95.4 cm³/mol. The van der Waals surface area contributed by atoms with E-state index in [1.807, 2.05) is 6.07 Å². The number of nitrogens with one attached hydrogen (secondary N) is 1. The maximum absolute atomic E-state index is 12.6. The Morgan fingerprint density at radius 1 is 1.24 bits per heavy atom. The lowest BCUT2D eigenvalue weighted by Crippen LogP contribution is -2.27. The summed E-state index contributed by atoms with van der Waals surface area (Å²) in [6.45, 7) is 1.69. The number of esters is 1. The SMILES string of the molecule is COC(=O)c1cc(S(=O)(=O)NC(C)c2ccc(C#N)cc2)ccc1Br. The van der Waals surface area contributed by atoms with Crippen molar-refractivity contribution in [1.82, 2.24) is 4.72 Å². The van der Waals surface area contributed by atoms with Crippen LogP contribution in [0.15, 0.2) is 51.8 Å². The largest absolute Gasteiger partial charge is 0.465 e. The molecular formula is C17H15BrN2O4S. The highest BCUT2D eigenvalue weighted by Gasteiger charge is 2.21. The van der Waals surface area contributed by atoms with Crippen molar-refractivity contribution < 1.29 is 17.9 Å². The Balaban J connectivity index is 2.29. The van der Waals surface area contributed by atoms with Gasteiger partial charge in [-0.3, -0.25) is 0 Å². The highest BCUT2D eigenvalue weighted by molar-refractivity contribution is 9.10. The first-order valence-electron chi connectivity index (χ1n) is 7.18. The minimum atomic E-state index is -3.85. The number of halogens is 1. The Hall–Kier alpha value is -2.21. The van der Waals surface area contributed by atoms with Crippen LogP contribution >= 0.6 is 15.9 Å². The Kier molecular flexibility index (Phi) is 5.95. The van der Waals surface area contributed by atoms with E-state index >= 15 is 0 Å². The fourth-order valence-electron chi connectivity index (χ4n) is 2.15. The van der Waals surface area contributed by atoms with Crippen LogP contribution in [0.3, 0.4) is 0 Å². The first-order valence-corrected chi connectivity index (χ1v) is 9.46. The minimum absolute atomic E-state index is 0.0448. The van der Waals surface area contributed by atoms with Crippen LogP contribution in [0.1, 0.15) is 34.5 Å². The van der Waals surface area contributed by atoms with E-state index in [1.54, 1.807) is 31.2 Å². The molecule has 1 N–H and O–H groups in total. The molecule has 0 amide bonds. The van der Waals surface area contributed by atoms with Crippen molar-refractivity contribution in [2.24, 2.45) is 0 Å². The second kappa shape index (κ2) is 7.78. The van der Waals surface area contributed by atoms with Gasteiger partial charge in [0.1, 0.15) is 0 Å². The van der Waals surface area contributed by atoms with Gasteiger partial charge >= 0.3 is 5.97 Å². The first-order chi connectivity index (χ1) is 11.8. The summed E-state index contributed by atoms with van der Waals surface area (Å²) >= 11 is 3.20. The van der Waals surface area contributed by atoms with Crippen molar-refractivity contribution in [2.75, 3.05) is 7.11 Å². The van der Waals surface area contributed by atoms with Gasteiger partial charge in [-0.15, -0.1) is 0 Å². The second-order valence-electron chi connectivity index (χ2n) is 5.21. The number of carbonyl (C=O) groups excluding carboxylic acids is 1. The zero-order valence-electron chi connectivity index (χ0n) is 13.5. The van der Waals surface area contributed by atoms with Gasteiger partial charge < -0.3 is 4.74 Å². The fourth-order valence-corrected chi connectivity index (χ4v) is 3.82. The number of benzene rings is 2. The molecule has 0 fully saturated rings. The van der Waals surface area contributed by atoms with E-state index in [9.17, 15) is 13.2 Å². The van der Waals surface area contributed by atoms with E-state index in [4.69, 9.17) is 5.26 Å². The standard InChI is InChI=1S/C17H15BrN2O4S/c1-11(13-5-3-12(10-19)4-6-13)20-25(22,23)14-7-8-16(18)15(9-14)17(21)24-2/h3-9,11,20H,1-2H3. The number of hydrogen-bond donors (Lipinski definition) is 1. The Labute approximate surface area is 154 Å². The lowest BCUT2D eigenvalue weighted by Gasteiger charge is -2.15. The molecule has 25 heavy (non-hydrogen) atoms. The van der Waals surface area contributed by atoms with Gasteiger partial charge in [0.25, 0.3) is 0 Å². The topological polar surface area (TPSA) is 96.3 Å². The molecule has 6 nitrogen and oxygen atoms in total. The quantitative estimate of drug-likeness (QED) is 0.746. The highest BCUT2D eigenvalue weighted by Crippen LogP contribution is 2.23. The molecule has 0 bridgehead atoms. The third kappa shape index (κ3) is 4.45. The molecule has 0 radical (unpaired) electrons. The number of sulfonamides is 1. The number of nitriles is 1. The van der Waals surface area contributed by atoms with Crippen LogP contribution in [0.4, 0.5) is 0 Å². The molecule has 0 aromatic heterocycles. The molecule has 0 aliphatic carbocycles. The monoisotopic (exact) mass is 422 g/mol. The lowest BCUT2D eigenvalue weighted by molar-refractivity contribution is 0.0599. The zero-order chi connectivity index (χ0) is 18.6. The van der Waals surface area contributed by atoms with Crippen molar-refractivity contribution in [3.05, 3.63) is 63.6 Å². The van der Waals surface area contributed by atoms with Crippen molar-refractivity contribution in [1.29, 1.82) is 5.26 Å². The first kappa shape index (κ1) is 19.1. The molecule has 0 heterocycles. The van der Waals surface area contributed by atoms with Gasteiger partial charge in [-0.25, -0.2) is 17.9 Å². The summed E-state index contributed by atoms with van der Waals surface area (Å²) in [7, 11) is -2.62. The number of carbonyl (C=O) groups is 1. The average Bonchev–Trinajstić information content (AvgIpc) is 2.61. The van der Waals surface area contributed by atoms with Crippen molar-refractivity contribution in [3.8, 4) is 6.07 Å². The smallest absolute Gasteiger partial charge is 0.339 e. The molecule has 1 unspecified atom stereocenters. The van der Waals surface area contributed by atoms with Gasteiger partial charge in [0.2, 0.25) is 10.0 Å². The minimum Gasteiger partial charge on any atom is -0.465 e. The third-order valence-corrected chi connectivity index (χ3v) is 5.76. The molecule has 2 aromatic rings. The molecule has 0 spiro atoms. The van der Waals surface area contributed by atoms with E-state index in [0.717, 1.165) is 0 Å². The van der Waals surface area contributed by atoms with Crippen LogP contribution in [0.2, 0.25) is 0 Å². The van der Waals surface area contributed by atoms with Gasteiger partial charge in [0.15, 0.2) is 0 Å². The number of methoxy groups -OCH3 is 1. The lowest BCUT2D eigenvalue weighted by atomic mass is 10.1. The summed E-state index contributed by atoms with van der Waals surface area (Å²) in [6, 6.07) is 12.2. The summed E-state index contributed by atoms with van der Waals surface area (Å²) in [4.78, 5) is 11.7. The van der Waals surface area contributed by atoms with E-state index in [2.05, 4.69) is 25.4 Å². The molecule has 0 saturated heterocycles. The summed E-state index contributed by atoms with van der Waals surface area (Å²) in [6.07, 6.45) is 0. The van der Waals surface area contributed by atoms with Crippen LogP contribution in [-0.2, 0) is 14.8 Å². The molecule has 0 aliphatic rings. The Bertz CT molecular complexity index is 934. The Morgan fingerprint density at radius 2 is 1.88 bits per heavy atom. The predicted octanol–water partition coefficient (Wildman–Crippen LogP) is 3.15. The van der Waals surface area contributed by atoms with E-state index in [1.165, 1.54) is 25.3 Å². The van der Waals surface area contributed by atoms with Crippen molar-refractivity contribution in [2.45, 2.75) is 17.9 Å². The molecule has 1 atom stereocenters. The second-order valence-corrected chi connectivity index (χ2v) is 7.78. The Morgan fingerprint density at radius 3 is 2.44 bits per heavy atom. The van der Waals surface area contributed by atoms with Gasteiger partial charge in [-0.05, 0) is 58.7 Å². The maximum Gasteiger partial charge on any atom is 0.339 e. The molecular weight excluding hydrogens is 408 g/mol. The third-order valence-electron chi connectivity index (χ3n) is 3.53. The maximum atomic E-state index is 12.6. The highest BCUT2D eigenvalue weighted by atomic mass is 79.9. The van der Waals surface area contributed by atoms with E-state index in [0.29, 0.717) is 15.6 Å². The van der Waals surface area contributed by atoms with Crippen LogP contribution in [0.5, 0.6) is 0 Å². The molecule has 0 aliphatic heterocycles. The van der Waals surface area contributed by atoms with Crippen LogP contribution in [0, 0.1) is 11.3 Å². The van der Waals surface area contributed by atoms with Crippen LogP contribution < -0.4 is 4.72 Å². The summed E-state index contributed by atoms with van der Waals surface area (Å²) in [5, 5.41) is 8.81. The van der Waals surface area contributed by atoms with Gasteiger partial charge in [0, 0.05) is 10.5 Å². The van der Waals surface area contributed by atoms with Crippen molar-refractivity contribution >= 4 is 31.9 Å². The molecule has 130 valence electrons. The number of ether oxygens (including phenoxy) is 1. The van der Waals surface area contributed by atoms with Crippen LogP contribution in [0.25, 0.3) is 0 Å². The van der Waals surface area contributed by atoms with Crippen LogP contribution in [-0.4, -0.2) is 21.5 Å². The number of hydrogen-bond acceptors (Lipinski definition) is 5. The summed E-state index contributed by atoms with van der Waals surface area (Å²) in [5.74, 6) is -0.635. The van der Waals surface area contributed by atoms with E-state index in [-0.39, 0.29) is 10.5 Å².